The molecule has 4 rings (SSSR count). The molecule has 33 heavy (non-hydrogen) atoms. The molecule has 2 N–H and O–H groups in total. The summed E-state index contributed by atoms with van der Waals surface area (Å²) in [5, 5.41) is 5.90. The number of halogens is 1. The van der Waals surface area contributed by atoms with Gasteiger partial charge in [0.2, 0.25) is 5.91 Å². The van der Waals surface area contributed by atoms with Gasteiger partial charge in [0.05, 0.1) is 5.56 Å². The van der Waals surface area contributed by atoms with Crippen LogP contribution in [0.25, 0.3) is 0 Å². The molecule has 0 unspecified atom stereocenters. The molecule has 0 atom stereocenters. The van der Waals surface area contributed by atoms with Gasteiger partial charge in [-0.25, -0.2) is 0 Å². The summed E-state index contributed by atoms with van der Waals surface area (Å²) in [7, 11) is 0. The monoisotopic (exact) mass is 463 g/mol. The number of para-hydroxylation sites is 1. The van der Waals surface area contributed by atoms with Crippen LogP contribution >= 0.6 is 11.6 Å². The Balaban J connectivity index is 1.37. The van der Waals surface area contributed by atoms with E-state index >= 15 is 0 Å². The lowest BCUT2D eigenvalue weighted by Crippen LogP contribution is -2.24. The van der Waals surface area contributed by atoms with Crippen molar-refractivity contribution in [3.63, 3.8) is 0 Å². The summed E-state index contributed by atoms with van der Waals surface area (Å²) < 4.78 is 5.62. The Bertz CT molecular complexity index is 1170. The Kier molecular flexibility index (Phi) is 6.90. The molecule has 8 heteroatoms. The van der Waals surface area contributed by atoms with Crippen LogP contribution in [0.15, 0.2) is 72.8 Å². The van der Waals surface area contributed by atoms with Crippen molar-refractivity contribution < 1.29 is 19.1 Å². The van der Waals surface area contributed by atoms with Gasteiger partial charge in [0.15, 0.2) is 6.61 Å². The molecule has 1 fully saturated rings. The first kappa shape index (κ1) is 22.4. The van der Waals surface area contributed by atoms with E-state index in [1.54, 1.807) is 53.4 Å². The molecule has 3 aromatic rings. The van der Waals surface area contributed by atoms with Gasteiger partial charge in [-0.2, -0.15) is 0 Å². The Morgan fingerprint density at radius 2 is 1.67 bits per heavy atom. The van der Waals surface area contributed by atoms with E-state index in [-0.39, 0.29) is 29.7 Å². The summed E-state index contributed by atoms with van der Waals surface area (Å²) in [5.41, 5.74) is 2.24. The van der Waals surface area contributed by atoms with Crippen LogP contribution in [-0.4, -0.2) is 30.9 Å². The molecule has 0 spiro atoms. The lowest BCUT2D eigenvalue weighted by atomic mass is 10.2. The van der Waals surface area contributed by atoms with Gasteiger partial charge in [-0.3, -0.25) is 14.4 Å². The van der Waals surface area contributed by atoms with Gasteiger partial charge in [0, 0.05) is 35.1 Å². The van der Waals surface area contributed by atoms with Crippen LogP contribution in [0.2, 0.25) is 5.02 Å². The third-order valence-electron chi connectivity index (χ3n) is 5.11. The van der Waals surface area contributed by atoms with Gasteiger partial charge in [-0.05, 0) is 61.0 Å². The van der Waals surface area contributed by atoms with E-state index in [1.807, 2.05) is 18.2 Å². The van der Waals surface area contributed by atoms with E-state index in [1.165, 1.54) is 6.07 Å². The molecule has 1 aliphatic heterocycles. The summed E-state index contributed by atoms with van der Waals surface area (Å²) in [6, 6.07) is 20.7. The normalized spacial score (nSPS) is 13.0. The molecule has 3 amide bonds. The molecule has 0 aromatic heterocycles. The van der Waals surface area contributed by atoms with E-state index in [0.717, 1.165) is 12.1 Å². The van der Waals surface area contributed by atoms with Gasteiger partial charge in [0.25, 0.3) is 11.8 Å². The number of amides is 3. The van der Waals surface area contributed by atoms with Crippen molar-refractivity contribution in [3.05, 3.63) is 83.4 Å². The maximum absolute atomic E-state index is 12.7. The molecule has 1 aliphatic rings. The fraction of sp³-hybridized carbons (Fsp3) is 0.160. The third kappa shape index (κ3) is 5.70. The second kappa shape index (κ2) is 10.2. The number of benzene rings is 3. The highest BCUT2D eigenvalue weighted by atomic mass is 35.5. The average Bonchev–Trinajstić information content (AvgIpc) is 3.25. The van der Waals surface area contributed by atoms with Crippen molar-refractivity contribution >= 4 is 46.4 Å². The Hall–Kier alpha value is -3.84. The number of carbonyl (C=O) groups excluding carboxylic acids is 3. The molecule has 168 valence electrons. The maximum Gasteiger partial charge on any atom is 0.262 e. The number of nitrogens with one attached hydrogen (secondary N) is 2. The zero-order valence-electron chi connectivity index (χ0n) is 17.7. The predicted octanol–water partition coefficient (Wildman–Crippen LogP) is 4.74. The Labute approximate surface area is 196 Å². The quantitative estimate of drug-likeness (QED) is 0.530. The number of rotatable bonds is 7. The SMILES string of the molecule is O=C(COc1ccc(Cl)cc1C(=O)Nc1ccccc1)Nc1ccc(N2CCCC2=O)cc1. The largest absolute Gasteiger partial charge is 0.483 e. The van der Waals surface area contributed by atoms with Gasteiger partial charge in [0.1, 0.15) is 5.75 Å². The minimum absolute atomic E-state index is 0.107. The van der Waals surface area contributed by atoms with Gasteiger partial charge >= 0.3 is 0 Å². The number of ether oxygens (including phenoxy) is 1. The number of carbonyl (C=O) groups is 3. The first-order valence-corrected chi connectivity index (χ1v) is 10.9. The maximum atomic E-state index is 12.7. The first-order valence-electron chi connectivity index (χ1n) is 10.5. The van der Waals surface area contributed by atoms with Crippen molar-refractivity contribution in [2.24, 2.45) is 0 Å². The lowest BCUT2D eigenvalue weighted by molar-refractivity contribution is -0.118. The van der Waals surface area contributed by atoms with Gasteiger partial charge in [-0.15, -0.1) is 0 Å². The molecule has 1 heterocycles. The highest BCUT2D eigenvalue weighted by molar-refractivity contribution is 6.31. The van der Waals surface area contributed by atoms with Crippen LogP contribution in [0.1, 0.15) is 23.2 Å². The van der Waals surface area contributed by atoms with Gasteiger partial charge < -0.3 is 20.3 Å². The molecular weight excluding hydrogens is 442 g/mol. The second-order valence-electron chi connectivity index (χ2n) is 7.49. The summed E-state index contributed by atoms with van der Waals surface area (Å²) in [4.78, 5) is 38.7. The minimum Gasteiger partial charge on any atom is -0.483 e. The molecule has 0 bridgehead atoms. The number of anilines is 3. The van der Waals surface area contributed by atoms with Crippen molar-refractivity contribution in [1.29, 1.82) is 0 Å². The summed E-state index contributed by atoms with van der Waals surface area (Å²) >= 11 is 6.06. The smallest absolute Gasteiger partial charge is 0.262 e. The fourth-order valence-corrected chi connectivity index (χ4v) is 3.68. The number of hydrogen-bond acceptors (Lipinski definition) is 4. The molecule has 0 radical (unpaired) electrons. The van der Waals surface area contributed by atoms with Crippen LogP contribution < -0.4 is 20.3 Å². The second-order valence-corrected chi connectivity index (χ2v) is 7.93. The summed E-state index contributed by atoms with van der Waals surface area (Å²) in [6.07, 6.45) is 1.41. The molecule has 0 aliphatic carbocycles. The van der Waals surface area contributed by atoms with E-state index in [2.05, 4.69) is 10.6 Å². The Morgan fingerprint density at radius 1 is 0.939 bits per heavy atom. The summed E-state index contributed by atoms with van der Waals surface area (Å²) in [6.45, 7) is 0.416. The van der Waals surface area contributed by atoms with E-state index in [0.29, 0.717) is 29.4 Å². The topological polar surface area (TPSA) is 87.7 Å². The third-order valence-corrected chi connectivity index (χ3v) is 5.35. The first-order chi connectivity index (χ1) is 16.0. The van der Waals surface area contributed by atoms with Crippen LogP contribution in [0.5, 0.6) is 5.75 Å². The molecule has 3 aromatic carbocycles. The summed E-state index contributed by atoms with van der Waals surface area (Å²) in [5.74, 6) is -0.434. The van der Waals surface area contributed by atoms with Gasteiger partial charge in [-0.1, -0.05) is 29.8 Å². The van der Waals surface area contributed by atoms with E-state index in [9.17, 15) is 14.4 Å². The van der Waals surface area contributed by atoms with E-state index in [4.69, 9.17) is 16.3 Å². The average molecular weight is 464 g/mol. The van der Waals surface area contributed by atoms with Crippen molar-refractivity contribution in [1.82, 2.24) is 0 Å². The predicted molar refractivity (Wildman–Crippen MR) is 128 cm³/mol. The zero-order chi connectivity index (χ0) is 23.2. The number of hydrogen-bond donors (Lipinski definition) is 2. The lowest BCUT2D eigenvalue weighted by Gasteiger charge is -2.16. The highest BCUT2D eigenvalue weighted by Gasteiger charge is 2.21. The minimum atomic E-state index is -0.397. The van der Waals surface area contributed by atoms with Crippen molar-refractivity contribution in [2.45, 2.75) is 12.8 Å². The molecule has 0 saturated carbocycles. The van der Waals surface area contributed by atoms with Crippen molar-refractivity contribution in [2.75, 3.05) is 28.7 Å². The number of nitrogens with zero attached hydrogens (tertiary/aromatic N) is 1. The van der Waals surface area contributed by atoms with Crippen LogP contribution in [-0.2, 0) is 9.59 Å². The Morgan fingerprint density at radius 3 is 2.36 bits per heavy atom. The fourth-order valence-electron chi connectivity index (χ4n) is 3.51. The van der Waals surface area contributed by atoms with Crippen LogP contribution in [0.3, 0.4) is 0 Å². The van der Waals surface area contributed by atoms with Crippen molar-refractivity contribution in [3.8, 4) is 5.75 Å². The van der Waals surface area contributed by atoms with Crippen LogP contribution in [0.4, 0.5) is 17.1 Å². The van der Waals surface area contributed by atoms with Crippen LogP contribution in [0, 0.1) is 0 Å². The van der Waals surface area contributed by atoms with E-state index < -0.39 is 5.91 Å². The highest BCUT2D eigenvalue weighted by Crippen LogP contribution is 2.25. The standard InChI is InChI=1S/C25H22ClN3O4/c26-17-8-13-22(21(15-17)25(32)28-18-5-2-1-3-6-18)33-16-23(30)27-19-9-11-20(12-10-19)29-14-4-7-24(29)31/h1-3,5-6,8-13,15H,4,7,14,16H2,(H,27,30)(H,28,32). The molecular formula is C25H22ClN3O4. The molecule has 1 saturated heterocycles. The molecule has 7 nitrogen and oxygen atoms in total. The zero-order valence-corrected chi connectivity index (χ0v) is 18.5.